The number of carbonyl (C=O) groups excluding carboxylic acids is 3. The van der Waals surface area contributed by atoms with Crippen molar-refractivity contribution in [2.24, 2.45) is 46.3 Å². The van der Waals surface area contributed by atoms with Gasteiger partial charge in [-0.25, -0.2) is 0 Å². The third kappa shape index (κ3) is 3.81. The molecule has 0 aromatic carbocycles. The maximum absolute atomic E-state index is 13.8. The first kappa shape index (κ1) is 23.8. The molecule has 0 unspecified atom stereocenters. The Morgan fingerprint density at radius 2 is 1.84 bits per heavy atom. The molecule has 5 heteroatoms. The Morgan fingerprint density at radius 1 is 1.09 bits per heavy atom. The molecule has 4 saturated carbocycles. The van der Waals surface area contributed by atoms with Crippen LogP contribution in [0.5, 0.6) is 0 Å². The molecule has 0 heterocycles. The maximum atomic E-state index is 13.8. The summed E-state index contributed by atoms with van der Waals surface area (Å²) >= 11 is 0. The second-order valence-corrected chi connectivity index (χ2v) is 11.8. The Hall–Kier alpha value is -1.39. The Bertz CT molecular complexity index is 761. The summed E-state index contributed by atoms with van der Waals surface area (Å²) in [5.41, 5.74) is -0.0556. The second-order valence-electron chi connectivity index (χ2n) is 11.8. The summed E-state index contributed by atoms with van der Waals surface area (Å²) < 4.78 is 10.4. The zero-order valence-corrected chi connectivity index (χ0v) is 20.7. The van der Waals surface area contributed by atoms with Crippen LogP contribution in [0.3, 0.4) is 0 Å². The minimum Gasteiger partial charge on any atom is -0.469 e. The number of methoxy groups -OCH3 is 1. The summed E-state index contributed by atoms with van der Waals surface area (Å²) in [4.78, 5) is 37.0. The molecule has 180 valence electrons. The van der Waals surface area contributed by atoms with Crippen molar-refractivity contribution in [1.29, 1.82) is 0 Å². The topological polar surface area (TPSA) is 69.7 Å². The van der Waals surface area contributed by atoms with Gasteiger partial charge in [0.25, 0.3) is 0 Å². The molecule has 9 atom stereocenters. The predicted molar refractivity (Wildman–Crippen MR) is 122 cm³/mol. The Balaban J connectivity index is 1.50. The molecule has 0 aromatic heterocycles. The van der Waals surface area contributed by atoms with E-state index in [9.17, 15) is 14.4 Å². The van der Waals surface area contributed by atoms with Gasteiger partial charge >= 0.3 is 11.9 Å². The quantitative estimate of drug-likeness (QED) is 0.533. The molecule has 4 aliphatic rings. The highest BCUT2D eigenvalue weighted by Crippen LogP contribution is 2.67. The largest absolute Gasteiger partial charge is 0.469 e. The molecule has 0 saturated heterocycles. The van der Waals surface area contributed by atoms with Crippen molar-refractivity contribution in [3.8, 4) is 0 Å². The molecule has 0 N–H and O–H groups in total. The molecular formula is C27H42O5. The van der Waals surface area contributed by atoms with Gasteiger partial charge in [0.15, 0.2) is 0 Å². The van der Waals surface area contributed by atoms with Gasteiger partial charge in [-0.3, -0.25) is 14.4 Å². The van der Waals surface area contributed by atoms with Crippen molar-refractivity contribution in [3.63, 3.8) is 0 Å². The number of rotatable bonds is 5. The van der Waals surface area contributed by atoms with E-state index in [1.165, 1.54) is 26.9 Å². The number of fused-ring (bicyclic) bond motifs is 5. The summed E-state index contributed by atoms with van der Waals surface area (Å²) in [5.74, 6) is 3.00. The zero-order valence-electron chi connectivity index (χ0n) is 20.7. The Labute approximate surface area is 193 Å². The van der Waals surface area contributed by atoms with Crippen LogP contribution in [-0.4, -0.2) is 30.9 Å². The van der Waals surface area contributed by atoms with E-state index in [0.717, 1.165) is 38.5 Å². The van der Waals surface area contributed by atoms with E-state index in [1.807, 2.05) is 0 Å². The zero-order chi connectivity index (χ0) is 23.3. The van der Waals surface area contributed by atoms with E-state index in [-0.39, 0.29) is 28.9 Å². The first-order valence-corrected chi connectivity index (χ1v) is 12.9. The van der Waals surface area contributed by atoms with Crippen LogP contribution in [0.15, 0.2) is 0 Å². The van der Waals surface area contributed by atoms with Crippen LogP contribution in [0.25, 0.3) is 0 Å². The highest BCUT2D eigenvalue weighted by atomic mass is 16.5. The maximum Gasteiger partial charge on any atom is 0.305 e. The molecule has 0 amide bonds. The molecule has 0 radical (unpaired) electrons. The second kappa shape index (κ2) is 8.76. The number of Topliss-reactive ketones (excluding diaryl/α,β-unsaturated/α-hetero) is 1. The van der Waals surface area contributed by atoms with Crippen molar-refractivity contribution >= 4 is 17.7 Å². The molecule has 32 heavy (non-hydrogen) atoms. The van der Waals surface area contributed by atoms with Crippen molar-refractivity contribution < 1.29 is 23.9 Å². The van der Waals surface area contributed by atoms with Crippen LogP contribution in [0.1, 0.15) is 91.9 Å². The van der Waals surface area contributed by atoms with Gasteiger partial charge in [0.2, 0.25) is 0 Å². The normalized spacial score (nSPS) is 44.1. The third-order valence-electron chi connectivity index (χ3n) is 10.6. The minimum atomic E-state index is -0.241. The lowest BCUT2D eigenvalue weighted by Crippen LogP contribution is -2.57. The lowest BCUT2D eigenvalue weighted by molar-refractivity contribution is -0.167. The van der Waals surface area contributed by atoms with Gasteiger partial charge in [0.05, 0.1) is 7.11 Å². The molecule has 0 aliphatic heterocycles. The third-order valence-corrected chi connectivity index (χ3v) is 10.6. The molecule has 4 fully saturated rings. The number of ether oxygens (including phenoxy) is 2. The Kier molecular flexibility index (Phi) is 6.50. The van der Waals surface area contributed by atoms with Gasteiger partial charge in [-0.1, -0.05) is 20.8 Å². The average Bonchev–Trinajstić information content (AvgIpc) is 3.11. The summed E-state index contributed by atoms with van der Waals surface area (Å²) in [7, 11) is 1.45. The first-order chi connectivity index (χ1) is 15.1. The van der Waals surface area contributed by atoms with Crippen LogP contribution >= 0.6 is 0 Å². The number of hydrogen-bond donors (Lipinski definition) is 0. The van der Waals surface area contributed by atoms with E-state index >= 15 is 0 Å². The van der Waals surface area contributed by atoms with E-state index in [0.29, 0.717) is 54.1 Å². The highest BCUT2D eigenvalue weighted by molar-refractivity contribution is 5.87. The van der Waals surface area contributed by atoms with Gasteiger partial charge in [-0.15, -0.1) is 0 Å². The predicted octanol–water partition coefficient (Wildman–Crippen LogP) is 5.35. The summed E-state index contributed by atoms with van der Waals surface area (Å²) in [6.07, 6.45) is 9.61. The van der Waals surface area contributed by atoms with Crippen molar-refractivity contribution in [2.45, 2.75) is 98.0 Å². The van der Waals surface area contributed by atoms with Crippen molar-refractivity contribution in [2.75, 3.05) is 7.11 Å². The molecule has 0 bridgehead atoms. The van der Waals surface area contributed by atoms with E-state index in [1.54, 1.807) is 0 Å². The molecule has 0 aromatic rings. The van der Waals surface area contributed by atoms with Gasteiger partial charge in [-0.2, -0.15) is 0 Å². The van der Waals surface area contributed by atoms with E-state index in [4.69, 9.17) is 9.47 Å². The Morgan fingerprint density at radius 3 is 2.53 bits per heavy atom. The lowest BCUT2D eigenvalue weighted by Gasteiger charge is -2.60. The average molecular weight is 447 g/mol. The van der Waals surface area contributed by atoms with Gasteiger partial charge in [0, 0.05) is 25.2 Å². The summed E-state index contributed by atoms with van der Waals surface area (Å²) in [6.45, 7) is 8.43. The first-order valence-electron chi connectivity index (χ1n) is 12.9. The molecule has 0 spiro atoms. The smallest absolute Gasteiger partial charge is 0.305 e. The van der Waals surface area contributed by atoms with Gasteiger partial charge < -0.3 is 9.47 Å². The summed E-state index contributed by atoms with van der Waals surface area (Å²) in [5, 5.41) is 0. The standard InChI is InChI=1S/C27H42O5/c1-16(6-11-25(30)31-5)21-9-10-22-20-8-7-18-14-19(32-17(2)28)12-13-26(18,3)23(20)15-24(29)27(21,22)4/h16,18-23H,6-15H2,1-5H3/t16-,18-,19-,20+,21-,22+,23-,26+,27-/m1/s1. The fraction of sp³-hybridized carbons (Fsp3) is 0.889. The van der Waals surface area contributed by atoms with Crippen LogP contribution in [0, 0.1) is 46.3 Å². The minimum absolute atomic E-state index is 0.0539. The van der Waals surface area contributed by atoms with Gasteiger partial charge in [-0.05, 0) is 92.3 Å². The number of esters is 2. The van der Waals surface area contributed by atoms with Crippen LogP contribution in [-0.2, 0) is 23.9 Å². The lowest BCUT2D eigenvalue weighted by atomic mass is 9.44. The van der Waals surface area contributed by atoms with Crippen LogP contribution in [0.2, 0.25) is 0 Å². The fourth-order valence-electron chi connectivity index (χ4n) is 8.86. The number of ketones is 1. The molecule has 4 rings (SSSR count). The van der Waals surface area contributed by atoms with Crippen molar-refractivity contribution in [1.82, 2.24) is 0 Å². The number of hydrogen-bond acceptors (Lipinski definition) is 5. The van der Waals surface area contributed by atoms with Crippen LogP contribution in [0.4, 0.5) is 0 Å². The van der Waals surface area contributed by atoms with Crippen LogP contribution < -0.4 is 0 Å². The fourth-order valence-corrected chi connectivity index (χ4v) is 8.86. The molecular weight excluding hydrogens is 404 g/mol. The highest BCUT2D eigenvalue weighted by Gasteiger charge is 2.64. The monoisotopic (exact) mass is 446 g/mol. The SMILES string of the molecule is COC(=O)CC[C@@H](C)[C@H]1CC[C@H]2[C@@H]3CC[C@@H]4C[C@H](OC(C)=O)CC[C@]4(C)[C@@H]3CC(=O)[C@]12C. The summed E-state index contributed by atoms with van der Waals surface area (Å²) in [6, 6.07) is 0. The van der Waals surface area contributed by atoms with E-state index < -0.39 is 0 Å². The molecule has 4 aliphatic carbocycles. The number of carbonyl (C=O) groups is 3. The van der Waals surface area contributed by atoms with Gasteiger partial charge in [0.1, 0.15) is 11.9 Å². The van der Waals surface area contributed by atoms with E-state index in [2.05, 4.69) is 20.8 Å². The van der Waals surface area contributed by atoms with Crippen molar-refractivity contribution in [3.05, 3.63) is 0 Å². The molecule has 5 nitrogen and oxygen atoms in total.